The highest BCUT2D eigenvalue weighted by atomic mass is 16.5. The van der Waals surface area contributed by atoms with Crippen molar-refractivity contribution in [1.29, 1.82) is 0 Å². The van der Waals surface area contributed by atoms with Crippen LogP contribution in [0.5, 0.6) is 0 Å². The summed E-state index contributed by atoms with van der Waals surface area (Å²) in [5.41, 5.74) is 0. The summed E-state index contributed by atoms with van der Waals surface area (Å²) >= 11 is 0. The minimum atomic E-state index is 0.847. The van der Waals surface area contributed by atoms with E-state index in [2.05, 4.69) is 11.8 Å². The Kier molecular flexibility index (Phi) is 2.14. The maximum absolute atomic E-state index is 5.32. The molecule has 2 saturated heterocycles. The van der Waals surface area contributed by atoms with Gasteiger partial charge in [0, 0.05) is 32.3 Å². The summed E-state index contributed by atoms with van der Waals surface area (Å²) in [5, 5.41) is 0. The Hall–Kier alpha value is -0.0800. The second-order valence-corrected chi connectivity index (χ2v) is 3.90. The van der Waals surface area contributed by atoms with Crippen molar-refractivity contribution in [3.63, 3.8) is 0 Å². The van der Waals surface area contributed by atoms with Gasteiger partial charge in [-0.05, 0) is 18.8 Å². The molecule has 0 bridgehead atoms. The highest BCUT2D eigenvalue weighted by Gasteiger charge is 2.29. The molecule has 64 valence electrons. The van der Waals surface area contributed by atoms with Crippen LogP contribution in [-0.2, 0) is 4.74 Å². The number of hydrogen-bond acceptors (Lipinski definition) is 2. The van der Waals surface area contributed by atoms with Crippen molar-refractivity contribution in [2.24, 2.45) is 5.92 Å². The molecule has 0 atom stereocenters. The van der Waals surface area contributed by atoms with Crippen LogP contribution in [0.1, 0.15) is 19.8 Å². The van der Waals surface area contributed by atoms with Gasteiger partial charge in [0.15, 0.2) is 0 Å². The third kappa shape index (κ3) is 1.57. The first-order valence-electron chi connectivity index (χ1n) is 4.68. The molecule has 2 fully saturated rings. The fourth-order valence-electron chi connectivity index (χ4n) is 2.10. The van der Waals surface area contributed by atoms with Gasteiger partial charge >= 0.3 is 0 Å². The molecule has 0 aromatic carbocycles. The zero-order chi connectivity index (χ0) is 7.68. The van der Waals surface area contributed by atoms with Crippen LogP contribution < -0.4 is 0 Å². The van der Waals surface area contributed by atoms with Crippen LogP contribution in [0.25, 0.3) is 0 Å². The minimum Gasteiger partial charge on any atom is -0.381 e. The zero-order valence-corrected chi connectivity index (χ0v) is 7.25. The summed E-state index contributed by atoms with van der Waals surface area (Å²) in [6.45, 7) is 6.94. The SMILES string of the molecule is CC1CN(C2CCOCC2)C1. The highest BCUT2D eigenvalue weighted by molar-refractivity contribution is 4.84. The van der Waals surface area contributed by atoms with Gasteiger partial charge < -0.3 is 4.74 Å². The van der Waals surface area contributed by atoms with Gasteiger partial charge in [0.25, 0.3) is 0 Å². The molecule has 11 heavy (non-hydrogen) atoms. The van der Waals surface area contributed by atoms with E-state index in [4.69, 9.17) is 4.74 Å². The van der Waals surface area contributed by atoms with Crippen molar-refractivity contribution in [3.05, 3.63) is 0 Å². The van der Waals surface area contributed by atoms with Gasteiger partial charge in [0.05, 0.1) is 0 Å². The summed E-state index contributed by atoms with van der Waals surface area (Å²) in [5.74, 6) is 0.942. The molecule has 0 N–H and O–H groups in total. The number of nitrogens with zero attached hydrogens (tertiary/aromatic N) is 1. The van der Waals surface area contributed by atoms with E-state index in [0.717, 1.165) is 25.2 Å². The smallest absolute Gasteiger partial charge is 0.0480 e. The van der Waals surface area contributed by atoms with Crippen LogP contribution in [0.2, 0.25) is 0 Å². The molecule has 0 aromatic rings. The Morgan fingerprint density at radius 3 is 2.36 bits per heavy atom. The topological polar surface area (TPSA) is 12.5 Å². The zero-order valence-electron chi connectivity index (χ0n) is 7.25. The number of rotatable bonds is 1. The predicted octanol–water partition coefficient (Wildman–Crippen LogP) is 1.12. The molecule has 2 rings (SSSR count). The maximum atomic E-state index is 5.32. The van der Waals surface area contributed by atoms with Crippen molar-refractivity contribution in [3.8, 4) is 0 Å². The molecule has 0 aromatic heterocycles. The van der Waals surface area contributed by atoms with E-state index >= 15 is 0 Å². The molecular formula is C9H17NO. The van der Waals surface area contributed by atoms with Crippen LogP contribution in [0.4, 0.5) is 0 Å². The molecule has 2 heteroatoms. The third-order valence-corrected chi connectivity index (χ3v) is 2.80. The number of likely N-dealkylation sites (tertiary alicyclic amines) is 1. The first-order chi connectivity index (χ1) is 5.36. The standard InChI is InChI=1S/C9H17NO/c1-8-6-10(7-8)9-2-4-11-5-3-9/h8-9H,2-7H2,1H3. The fourth-order valence-corrected chi connectivity index (χ4v) is 2.10. The average molecular weight is 155 g/mol. The van der Waals surface area contributed by atoms with Gasteiger partial charge in [-0.25, -0.2) is 0 Å². The van der Waals surface area contributed by atoms with Gasteiger partial charge in [-0.1, -0.05) is 6.92 Å². The van der Waals surface area contributed by atoms with Crippen molar-refractivity contribution >= 4 is 0 Å². The Morgan fingerprint density at radius 1 is 1.18 bits per heavy atom. The van der Waals surface area contributed by atoms with Gasteiger partial charge in [-0.3, -0.25) is 4.90 Å². The van der Waals surface area contributed by atoms with E-state index in [1.807, 2.05) is 0 Å². The quantitative estimate of drug-likeness (QED) is 0.562. The summed E-state index contributed by atoms with van der Waals surface area (Å²) < 4.78 is 5.32. The third-order valence-electron chi connectivity index (χ3n) is 2.80. The molecule has 0 unspecified atom stereocenters. The van der Waals surface area contributed by atoms with Crippen molar-refractivity contribution in [1.82, 2.24) is 4.90 Å². The lowest BCUT2D eigenvalue weighted by Crippen LogP contribution is -2.52. The Morgan fingerprint density at radius 2 is 1.82 bits per heavy atom. The van der Waals surface area contributed by atoms with E-state index in [-0.39, 0.29) is 0 Å². The second kappa shape index (κ2) is 3.11. The van der Waals surface area contributed by atoms with E-state index < -0.39 is 0 Å². The monoisotopic (exact) mass is 155 g/mol. The first-order valence-corrected chi connectivity index (χ1v) is 4.68. The summed E-state index contributed by atoms with van der Waals surface area (Å²) in [7, 11) is 0. The molecule has 0 saturated carbocycles. The lowest BCUT2D eigenvalue weighted by Gasteiger charge is -2.44. The van der Waals surface area contributed by atoms with Gasteiger partial charge in [-0.2, -0.15) is 0 Å². The molecule has 0 spiro atoms. The van der Waals surface area contributed by atoms with E-state index in [1.165, 1.54) is 25.9 Å². The Balaban J connectivity index is 1.76. The van der Waals surface area contributed by atoms with E-state index in [0.29, 0.717) is 0 Å². The predicted molar refractivity (Wildman–Crippen MR) is 44.6 cm³/mol. The van der Waals surface area contributed by atoms with E-state index in [9.17, 15) is 0 Å². The van der Waals surface area contributed by atoms with Crippen molar-refractivity contribution in [2.75, 3.05) is 26.3 Å². The lowest BCUT2D eigenvalue weighted by molar-refractivity contribution is -0.0106. The Labute approximate surface area is 68.5 Å². The van der Waals surface area contributed by atoms with Crippen molar-refractivity contribution < 1.29 is 4.74 Å². The maximum Gasteiger partial charge on any atom is 0.0480 e. The van der Waals surface area contributed by atoms with Gasteiger partial charge in [0.2, 0.25) is 0 Å². The normalized spacial score (nSPS) is 30.3. The highest BCUT2D eigenvalue weighted by Crippen LogP contribution is 2.23. The van der Waals surface area contributed by atoms with Gasteiger partial charge in [0.1, 0.15) is 0 Å². The number of ether oxygens (including phenoxy) is 1. The molecule has 0 amide bonds. The molecule has 2 aliphatic heterocycles. The summed E-state index contributed by atoms with van der Waals surface area (Å²) in [6, 6.07) is 0.847. The molecule has 2 heterocycles. The largest absolute Gasteiger partial charge is 0.381 e. The summed E-state index contributed by atoms with van der Waals surface area (Å²) in [6.07, 6.45) is 2.51. The molecular weight excluding hydrogens is 138 g/mol. The first kappa shape index (κ1) is 7.56. The van der Waals surface area contributed by atoms with Crippen LogP contribution in [0.15, 0.2) is 0 Å². The van der Waals surface area contributed by atoms with Crippen LogP contribution in [0.3, 0.4) is 0 Å². The number of hydrogen-bond donors (Lipinski definition) is 0. The summed E-state index contributed by atoms with van der Waals surface area (Å²) in [4.78, 5) is 2.60. The average Bonchev–Trinajstić information content (AvgIpc) is 2.01. The van der Waals surface area contributed by atoms with Crippen LogP contribution in [-0.4, -0.2) is 37.2 Å². The van der Waals surface area contributed by atoms with Crippen LogP contribution >= 0.6 is 0 Å². The van der Waals surface area contributed by atoms with E-state index in [1.54, 1.807) is 0 Å². The Bertz CT molecular complexity index is 126. The molecule has 0 radical (unpaired) electrons. The fraction of sp³-hybridized carbons (Fsp3) is 1.00. The van der Waals surface area contributed by atoms with Crippen molar-refractivity contribution in [2.45, 2.75) is 25.8 Å². The van der Waals surface area contributed by atoms with Gasteiger partial charge in [-0.15, -0.1) is 0 Å². The molecule has 0 aliphatic carbocycles. The molecule has 2 nitrogen and oxygen atoms in total. The second-order valence-electron chi connectivity index (χ2n) is 3.90. The van der Waals surface area contributed by atoms with Crippen LogP contribution in [0, 0.1) is 5.92 Å². The minimum absolute atomic E-state index is 0.847. The lowest BCUT2D eigenvalue weighted by atomic mass is 9.96. The molecule has 2 aliphatic rings.